The maximum atomic E-state index is 6.19. The molecule has 0 saturated carbocycles. The van der Waals surface area contributed by atoms with Gasteiger partial charge in [-0.05, 0) is 98.8 Å². The lowest BCUT2D eigenvalue weighted by Gasteiger charge is -2.26. The normalized spacial score (nSPS) is 11.3. The molecule has 0 fully saturated rings. The molecule has 8 aromatic carbocycles. The van der Waals surface area contributed by atoms with Gasteiger partial charge in [0.15, 0.2) is 0 Å². The molecule has 0 amide bonds. The fraction of sp³-hybridized carbons (Fsp3) is 0. The van der Waals surface area contributed by atoms with Gasteiger partial charge in [0.05, 0.1) is 0 Å². The first kappa shape index (κ1) is 27.9. The van der Waals surface area contributed by atoms with Gasteiger partial charge in [0.25, 0.3) is 0 Å². The Morgan fingerprint density at radius 2 is 0.896 bits per heavy atom. The molecule has 2 nitrogen and oxygen atoms in total. The molecule has 0 spiro atoms. The highest BCUT2D eigenvalue weighted by Crippen LogP contribution is 2.40. The molecular weight excluding hydrogens is 583 g/mol. The standard InChI is InChI=1S/C46H31NO/c1-2-10-32(11-3-1)34-20-25-39(26-21-34)47(41-29-24-33-12-4-5-13-37(33)31-41)40-27-22-35(23-28-40)36-14-8-15-38(30-36)42-17-9-19-45-46(42)43-16-6-7-18-44(43)48-45/h1-31H. The summed E-state index contributed by atoms with van der Waals surface area (Å²) in [5.41, 5.74) is 12.3. The Labute approximate surface area is 279 Å². The highest BCUT2D eigenvalue weighted by Gasteiger charge is 2.15. The van der Waals surface area contributed by atoms with E-state index >= 15 is 0 Å². The zero-order valence-electron chi connectivity index (χ0n) is 26.3. The lowest BCUT2D eigenvalue weighted by Crippen LogP contribution is -2.09. The minimum Gasteiger partial charge on any atom is -0.456 e. The molecule has 0 radical (unpaired) electrons. The molecule has 9 aromatic rings. The van der Waals surface area contributed by atoms with E-state index in [1.165, 1.54) is 44.2 Å². The van der Waals surface area contributed by atoms with Crippen LogP contribution in [0.2, 0.25) is 0 Å². The van der Waals surface area contributed by atoms with Crippen LogP contribution in [0.5, 0.6) is 0 Å². The van der Waals surface area contributed by atoms with Crippen molar-refractivity contribution >= 4 is 49.8 Å². The Morgan fingerprint density at radius 3 is 1.69 bits per heavy atom. The Bertz CT molecular complexity index is 2540. The molecule has 0 atom stereocenters. The number of hydrogen-bond donors (Lipinski definition) is 0. The predicted octanol–water partition coefficient (Wildman–Crippen LogP) is 13.2. The van der Waals surface area contributed by atoms with Crippen LogP contribution in [-0.2, 0) is 0 Å². The van der Waals surface area contributed by atoms with Crippen LogP contribution in [0.1, 0.15) is 0 Å². The van der Waals surface area contributed by atoms with Crippen molar-refractivity contribution in [2.45, 2.75) is 0 Å². The smallest absolute Gasteiger partial charge is 0.136 e. The minimum atomic E-state index is 0.911. The lowest BCUT2D eigenvalue weighted by molar-refractivity contribution is 0.669. The van der Waals surface area contributed by atoms with Crippen molar-refractivity contribution in [3.8, 4) is 33.4 Å². The van der Waals surface area contributed by atoms with Crippen LogP contribution in [0.15, 0.2) is 192 Å². The van der Waals surface area contributed by atoms with Crippen LogP contribution in [0.3, 0.4) is 0 Å². The van der Waals surface area contributed by atoms with E-state index in [2.05, 4.69) is 181 Å². The molecule has 48 heavy (non-hydrogen) atoms. The van der Waals surface area contributed by atoms with Gasteiger partial charge in [0.1, 0.15) is 11.2 Å². The number of nitrogens with zero attached hydrogens (tertiary/aromatic N) is 1. The Kier molecular flexibility index (Phi) is 6.84. The summed E-state index contributed by atoms with van der Waals surface area (Å²) in [5.74, 6) is 0. The number of hydrogen-bond acceptors (Lipinski definition) is 2. The zero-order chi connectivity index (χ0) is 31.9. The second kappa shape index (κ2) is 11.8. The fourth-order valence-corrected chi connectivity index (χ4v) is 6.88. The van der Waals surface area contributed by atoms with Gasteiger partial charge < -0.3 is 9.32 Å². The van der Waals surface area contributed by atoms with Crippen LogP contribution in [0, 0.1) is 0 Å². The molecule has 1 aromatic heterocycles. The molecule has 9 rings (SSSR count). The Morgan fingerprint density at radius 1 is 0.333 bits per heavy atom. The summed E-state index contributed by atoms with van der Waals surface area (Å²) in [6, 6.07) is 67.0. The second-order valence-electron chi connectivity index (χ2n) is 12.2. The maximum absolute atomic E-state index is 6.19. The summed E-state index contributed by atoms with van der Waals surface area (Å²) in [4.78, 5) is 2.34. The number of fused-ring (bicyclic) bond motifs is 4. The summed E-state index contributed by atoms with van der Waals surface area (Å²) >= 11 is 0. The second-order valence-corrected chi connectivity index (χ2v) is 12.2. The number of anilines is 3. The van der Waals surface area contributed by atoms with Crippen molar-refractivity contribution < 1.29 is 4.42 Å². The van der Waals surface area contributed by atoms with Crippen LogP contribution in [-0.4, -0.2) is 0 Å². The number of rotatable bonds is 6. The first-order valence-electron chi connectivity index (χ1n) is 16.3. The number of para-hydroxylation sites is 1. The molecular formula is C46H31NO. The highest BCUT2D eigenvalue weighted by atomic mass is 16.3. The van der Waals surface area contributed by atoms with Crippen LogP contribution in [0.4, 0.5) is 17.1 Å². The van der Waals surface area contributed by atoms with Crippen LogP contribution in [0.25, 0.3) is 66.1 Å². The quantitative estimate of drug-likeness (QED) is 0.185. The minimum absolute atomic E-state index is 0.911. The molecule has 0 N–H and O–H groups in total. The number of benzene rings is 8. The van der Waals surface area contributed by atoms with E-state index in [9.17, 15) is 0 Å². The average Bonchev–Trinajstić information content (AvgIpc) is 3.55. The largest absolute Gasteiger partial charge is 0.456 e. The summed E-state index contributed by atoms with van der Waals surface area (Å²) < 4.78 is 6.19. The van der Waals surface area contributed by atoms with E-state index in [1.54, 1.807) is 0 Å². The van der Waals surface area contributed by atoms with E-state index in [0.29, 0.717) is 0 Å². The molecule has 0 aliphatic carbocycles. The van der Waals surface area contributed by atoms with Crippen molar-refractivity contribution in [3.05, 3.63) is 188 Å². The molecule has 0 saturated heterocycles. The molecule has 0 bridgehead atoms. The summed E-state index contributed by atoms with van der Waals surface area (Å²) in [7, 11) is 0. The van der Waals surface area contributed by atoms with E-state index in [1.807, 2.05) is 12.1 Å². The van der Waals surface area contributed by atoms with Gasteiger partial charge in [-0.15, -0.1) is 0 Å². The van der Waals surface area contributed by atoms with Crippen molar-refractivity contribution in [3.63, 3.8) is 0 Å². The van der Waals surface area contributed by atoms with E-state index in [0.717, 1.165) is 39.0 Å². The van der Waals surface area contributed by atoms with Gasteiger partial charge in [0.2, 0.25) is 0 Å². The van der Waals surface area contributed by atoms with Gasteiger partial charge in [-0.1, -0.05) is 133 Å². The van der Waals surface area contributed by atoms with Gasteiger partial charge in [-0.25, -0.2) is 0 Å². The Hall–Kier alpha value is -6.38. The predicted molar refractivity (Wildman–Crippen MR) is 202 cm³/mol. The Balaban J connectivity index is 1.10. The third-order valence-electron chi connectivity index (χ3n) is 9.26. The average molecular weight is 614 g/mol. The van der Waals surface area contributed by atoms with Gasteiger partial charge in [0, 0.05) is 27.8 Å². The molecule has 0 aliphatic rings. The molecule has 2 heteroatoms. The fourth-order valence-electron chi connectivity index (χ4n) is 6.88. The van der Waals surface area contributed by atoms with Gasteiger partial charge in [-0.2, -0.15) is 0 Å². The first-order chi connectivity index (χ1) is 23.8. The van der Waals surface area contributed by atoms with E-state index < -0.39 is 0 Å². The molecule has 0 unspecified atom stereocenters. The third kappa shape index (κ3) is 5.01. The summed E-state index contributed by atoms with van der Waals surface area (Å²) in [6.07, 6.45) is 0. The topological polar surface area (TPSA) is 16.4 Å². The maximum Gasteiger partial charge on any atom is 0.136 e. The van der Waals surface area contributed by atoms with Gasteiger partial charge >= 0.3 is 0 Å². The highest BCUT2D eigenvalue weighted by molar-refractivity contribution is 6.12. The van der Waals surface area contributed by atoms with Crippen molar-refractivity contribution in [1.29, 1.82) is 0 Å². The number of furan rings is 1. The first-order valence-corrected chi connectivity index (χ1v) is 16.3. The van der Waals surface area contributed by atoms with Crippen LogP contribution >= 0.6 is 0 Å². The third-order valence-corrected chi connectivity index (χ3v) is 9.26. The van der Waals surface area contributed by atoms with Crippen molar-refractivity contribution in [1.82, 2.24) is 0 Å². The summed E-state index contributed by atoms with van der Waals surface area (Å²) in [6.45, 7) is 0. The van der Waals surface area contributed by atoms with Crippen LogP contribution < -0.4 is 4.90 Å². The lowest BCUT2D eigenvalue weighted by atomic mass is 9.96. The summed E-state index contributed by atoms with van der Waals surface area (Å²) in [5, 5.41) is 4.75. The van der Waals surface area contributed by atoms with Crippen molar-refractivity contribution in [2.75, 3.05) is 4.90 Å². The molecule has 0 aliphatic heterocycles. The van der Waals surface area contributed by atoms with Gasteiger partial charge in [-0.3, -0.25) is 0 Å². The SMILES string of the molecule is c1ccc(-c2ccc(N(c3ccc(-c4cccc(-c5cccc6oc7ccccc7c56)c4)cc3)c3ccc4ccccc4c3)cc2)cc1. The van der Waals surface area contributed by atoms with Crippen molar-refractivity contribution in [2.24, 2.45) is 0 Å². The molecule has 226 valence electrons. The molecule has 1 heterocycles. The van der Waals surface area contributed by atoms with E-state index in [4.69, 9.17) is 4.42 Å². The van der Waals surface area contributed by atoms with E-state index in [-0.39, 0.29) is 0 Å². The monoisotopic (exact) mass is 613 g/mol. The zero-order valence-corrected chi connectivity index (χ0v) is 26.3.